The van der Waals surface area contributed by atoms with Crippen molar-refractivity contribution < 1.29 is 17.9 Å². The molecule has 0 aromatic heterocycles. The zero-order valence-electron chi connectivity index (χ0n) is 18.7. The zero-order valence-corrected chi connectivity index (χ0v) is 19.5. The minimum atomic E-state index is -3.63. The van der Waals surface area contributed by atoms with Crippen molar-refractivity contribution in [2.45, 2.75) is 37.5 Å². The van der Waals surface area contributed by atoms with Crippen molar-refractivity contribution in [2.75, 3.05) is 22.8 Å². The largest absolute Gasteiger partial charge is 0.494 e. The molecule has 0 atom stereocenters. The quantitative estimate of drug-likeness (QED) is 0.462. The number of ether oxygens (including phenoxy) is 1. The Morgan fingerprint density at radius 3 is 2.52 bits per heavy atom. The highest BCUT2D eigenvalue weighted by Crippen LogP contribution is 2.34. The number of hydrogen-bond acceptors (Lipinski definition) is 4. The summed E-state index contributed by atoms with van der Waals surface area (Å²) in [5, 5.41) is 2.92. The van der Waals surface area contributed by atoms with E-state index in [-0.39, 0.29) is 10.8 Å². The summed E-state index contributed by atoms with van der Waals surface area (Å²) in [5.74, 6) is 0.521. The van der Waals surface area contributed by atoms with Gasteiger partial charge in [0.1, 0.15) is 5.75 Å². The highest BCUT2D eigenvalue weighted by Gasteiger charge is 2.29. The van der Waals surface area contributed by atoms with Gasteiger partial charge in [-0.15, -0.1) is 0 Å². The summed E-state index contributed by atoms with van der Waals surface area (Å²) in [7, 11) is -3.63. The van der Waals surface area contributed by atoms with Gasteiger partial charge in [-0.2, -0.15) is 0 Å². The molecule has 1 amide bonds. The number of carbonyl (C=O) groups is 1. The van der Waals surface area contributed by atoms with Gasteiger partial charge >= 0.3 is 0 Å². The summed E-state index contributed by atoms with van der Waals surface area (Å²) in [6, 6.07) is 20.9. The van der Waals surface area contributed by atoms with E-state index in [0.29, 0.717) is 30.1 Å². The number of unbranched alkanes of at least 4 members (excludes halogenated alkanes) is 1. The van der Waals surface area contributed by atoms with Gasteiger partial charge in [0.2, 0.25) is 0 Å². The van der Waals surface area contributed by atoms with Crippen molar-refractivity contribution in [3.8, 4) is 5.75 Å². The van der Waals surface area contributed by atoms with E-state index >= 15 is 0 Å². The monoisotopic (exact) mass is 464 g/mol. The van der Waals surface area contributed by atoms with Crippen LogP contribution in [0.2, 0.25) is 0 Å². The molecule has 1 N–H and O–H groups in total. The van der Waals surface area contributed by atoms with Gasteiger partial charge in [-0.05, 0) is 79.4 Å². The fourth-order valence-electron chi connectivity index (χ4n) is 3.85. The Kier molecular flexibility index (Phi) is 6.99. The van der Waals surface area contributed by atoms with Crippen LogP contribution in [0.25, 0.3) is 0 Å². The number of anilines is 2. The Balaban J connectivity index is 1.49. The molecule has 0 saturated carbocycles. The third kappa shape index (κ3) is 5.20. The minimum Gasteiger partial charge on any atom is -0.494 e. The van der Waals surface area contributed by atoms with Gasteiger partial charge in [0, 0.05) is 17.8 Å². The minimum absolute atomic E-state index is 0.223. The number of sulfonamides is 1. The first-order chi connectivity index (χ1) is 16.0. The molecular formula is C26H28N2O4S. The van der Waals surface area contributed by atoms with Crippen molar-refractivity contribution in [1.29, 1.82) is 0 Å². The molecule has 4 rings (SSSR count). The summed E-state index contributed by atoms with van der Waals surface area (Å²) in [4.78, 5) is 13.0. The van der Waals surface area contributed by atoms with Crippen LogP contribution in [0.5, 0.6) is 5.75 Å². The van der Waals surface area contributed by atoms with Crippen LogP contribution in [0.4, 0.5) is 11.4 Å². The number of benzene rings is 3. The molecule has 6 nitrogen and oxygen atoms in total. The highest BCUT2D eigenvalue weighted by atomic mass is 32.2. The van der Waals surface area contributed by atoms with E-state index < -0.39 is 10.0 Å². The maximum atomic E-state index is 13.2. The van der Waals surface area contributed by atoms with E-state index in [0.717, 1.165) is 37.0 Å². The van der Waals surface area contributed by atoms with E-state index in [1.807, 2.05) is 6.07 Å². The maximum absolute atomic E-state index is 13.2. The standard InChI is InChI=1S/C26H28N2O4S/c1-2-3-18-32-23-14-11-20(12-15-23)26(29)27-22-13-16-25-21(19-22)8-7-17-28(25)33(30,31)24-9-5-4-6-10-24/h4-6,9-16,19H,2-3,7-8,17-18H2,1H3,(H,27,29). The third-order valence-electron chi connectivity index (χ3n) is 5.63. The third-order valence-corrected chi connectivity index (χ3v) is 7.46. The normalized spacial score (nSPS) is 13.3. The fourth-order valence-corrected chi connectivity index (χ4v) is 5.41. The molecule has 3 aromatic rings. The van der Waals surface area contributed by atoms with Crippen LogP contribution in [0.15, 0.2) is 77.7 Å². The Bertz CT molecular complexity index is 1210. The summed E-state index contributed by atoms with van der Waals surface area (Å²) in [6.45, 7) is 3.20. The lowest BCUT2D eigenvalue weighted by Crippen LogP contribution is -2.35. The molecule has 33 heavy (non-hydrogen) atoms. The van der Waals surface area contributed by atoms with Crippen LogP contribution in [0.3, 0.4) is 0 Å². The molecule has 0 saturated heterocycles. The molecule has 1 aliphatic heterocycles. The fraction of sp³-hybridized carbons (Fsp3) is 0.269. The number of nitrogens with one attached hydrogen (secondary N) is 1. The van der Waals surface area contributed by atoms with Crippen LogP contribution in [0, 0.1) is 0 Å². The van der Waals surface area contributed by atoms with Crippen LogP contribution in [-0.2, 0) is 16.4 Å². The second-order valence-corrected chi connectivity index (χ2v) is 9.88. The average molecular weight is 465 g/mol. The van der Waals surface area contributed by atoms with Gasteiger partial charge in [0.15, 0.2) is 0 Å². The van der Waals surface area contributed by atoms with Gasteiger partial charge in [-0.3, -0.25) is 9.10 Å². The Labute approximate surface area is 195 Å². The molecule has 0 bridgehead atoms. The molecule has 0 radical (unpaired) electrons. The molecule has 7 heteroatoms. The predicted molar refractivity (Wildman–Crippen MR) is 131 cm³/mol. The Morgan fingerprint density at radius 2 is 1.79 bits per heavy atom. The van der Waals surface area contributed by atoms with Crippen molar-refractivity contribution in [1.82, 2.24) is 0 Å². The van der Waals surface area contributed by atoms with Gasteiger partial charge in [-0.1, -0.05) is 31.5 Å². The highest BCUT2D eigenvalue weighted by molar-refractivity contribution is 7.92. The number of rotatable bonds is 8. The van der Waals surface area contributed by atoms with Gasteiger partial charge < -0.3 is 10.1 Å². The molecule has 0 spiro atoms. The lowest BCUT2D eigenvalue weighted by atomic mass is 10.0. The second kappa shape index (κ2) is 10.1. The molecule has 172 valence electrons. The van der Waals surface area contributed by atoms with Gasteiger partial charge in [-0.25, -0.2) is 8.42 Å². The van der Waals surface area contributed by atoms with Crippen molar-refractivity contribution >= 4 is 27.3 Å². The first-order valence-electron chi connectivity index (χ1n) is 11.2. The molecule has 3 aromatic carbocycles. The van der Waals surface area contributed by atoms with E-state index in [4.69, 9.17) is 4.74 Å². The molecule has 1 heterocycles. The van der Waals surface area contributed by atoms with Crippen LogP contribution in [-0.4, -0.2) is 27.5 Å². The number of carbonyl (C=O) groups excluding carboxylic acids is 1. The lowest BCUT2D eigenvalue weighted by molar-refractivity contribution is 0.102. The average Bonchev–Trinajstić information content (AvgIpc) is 2.84. The topological polar surface area (TPSA) is 75.7 Å². The molecule has 0 unspecified atom stereocenters. The predicted octanol–water partition coefficient (Wildman–Crippen LogP) is 5.26. The molecular weight excluding hydrogens is 436 g/mol. The van der Waals surface area contributed by atoms with Crippen molar-refractivity contribution in [3.05, 3.63) is 83.9 Å². The second-order valence-electron chi connectivity index (χ2n) is 8.02. The SMILES string of the molecule is CCCCOc1ccc(C(=O)Nc2ccc3c(c2)CCCN3S(=O)(=O)c2ccccc2)cc1. The van der Waals surface area contributed by atoms with E-state index in [1.165, 1.54) is 4.31 Å². The number of hydrogen-bond donors (Lipinski definition) is 1. The van der Waals surface area contributed by atoms with Crippen molar-refractivity contribution in [2.24, 2.45) is 0 Å². The van der Waals surface area contributed by atoms with Gasteiger partial charge in [0.05, 0.1) is 17.2 Å². The Hall–Kier alpha value is -3.32. The lowest BCUT2D eigenvalue weighted by Gasteiger charge is -2.30. The summed E-state index contributed by atoms with van der Waals surface area (Å²) < 4.78 is 33.4. The summed E-state index contributed by atoms with van der Waals surface area (Å²) >= 11 is 0. The van der Waals surface area contributed by atoms with Crippen molar-refractivity contribution in [3.63, 3.8) is 0 Å². The first kappa shape index (κ1) is 22.9. The molecule has 0 aliphatic carbocycles. The smallest absolute Gasteiger partial charge is 0.264 e. The number of aryl methyl sites for hydroxylation is 1. The summed E-state index contributed by atoms with van der Waals surface area (Å²) in [5.41, 5.74) is 2.74. The summed E-state index contributed by atoms with van der Waals surface area (Å²) in [6.07, 6.45) is 3.53. The first-order valence-corrected chi connectivity index (χ1v) is 12.7. The number of amides is 1. The molecule has 1 aliphatic rings. The zero-order chi connectivity index (χ0) is 23.3. The van der Waals surface area contributed by atoms with Gasteiger partial charge in [0.25, 0.3) is 15.9 Å². The maximum Gasteiger partial charge on any atom is 0.264 e. The Morgan fingerprint density at radius 1 is 1.03 bits per heavy atom. The van der Waals surface area contributed by atoms with E-state index in [2.05, 4.69) is 12.2 Å². The number of nitrogens with zero attached hydrogens (tertiary/aromatic N) is 1. The van der Waals surface area contributed by atoms with E-state index in [1.54, 1.807) is 66.7 Å². The van der Waals surface area contributed by atoms with Crippen LogP contribution in [0.1, 0.15) is 42.1 Å². The van der Waals surface area contributed by atoms with Crippen LogP contribution < -0.4 is 14.4 Å². The van der Waals surface area contributed by atoms with E-state index in [9.17, 15) is 13.2 Å². The van der Waals surface area contributed by atoms with Crippen LogP contribution >= 0.6 is 0 Å². The molecule has 0 fully saturated rings. The number of fused-ring (bicyclic) bond motifs is 1.